The van der Waals surface area contributed by atoms with Crippen LogP contribution in [0.5, 0.6) is 5.75 Å². The molecule has 40 heteroatoms. The highest BCUT2D eigenvalue weighted by molar-refractivity contribution is 5.97. The number of amides is 1. The van der Waals surface area contributed by atoms with Gasteiger partial charge in [-0.1, -0.05) is 0 Å². The van der Waals surface area contributed by atoms with Gasteiger partial charge < -0.3 is 179 Å². The third-order valence-corrected chi connectivity index (χ3v) is 16.5. The Bertz CT molecular complexity index is 2460. The van der Waals surface area contributed by atoms with Crippen LogP contribution in [0.25, 0.3) is 0 Å². The van der Waals surface area contributed by atoms with Crippen LogP contribution >= 0.6 is 0 Å². The van der Waals surface area contributed by atoms with Gasteiger partial charge in [-0.3, -0.25) is 14.9 Å². The lowest BCUT2D eigenvalue weighted by molar-refractivity contribution is -0.396. The molecule has 0 aliphatic carbocycles. The largest absolute Gasteiger partial charge is 0.507 e. The molecule has 40 nitrogen and oxygen atoms in total. The number of ether oxygens (including phenoxy) is 14. The van der Waals surface area contributed by atoms with E-state index < -0.39 is 289 Å². The van der Waals surface area contributed by atoms with E-state index in [1.807, 2.05) is 0 Å². The molecule has 89 heavy (non-hydrogen) atoms. The highest BCUT2D eigenvalue weighted by Crippen LogP contribution is 2.39. The SMILES string of the molecule is O=C(NC[C@H]1O[C@@H]2O[C@H]3[C@H](O)[C@@H](O)[C@@H](O[C@H]4[C@H](O)[C@@H](O)[C@@H](O[C@H]5[C@H](O)[C@@H](O)[C@@H](O[C@H]6[C@H](O)[C@@H](O)[C@@H](O[C@H]7[C@H](O)[C@@H](O)[C@@H](O[C@H]8[C@H](O)[C@@H](O)[C@@H](O[C@H]1[C@H](O)[C@H]2O)O[C@@H]8CO)O[C@@H]7CO)O[C@@H]6CO)O[C@@H]5CO)O[C@@H]4CO)O[C@@H]3CO)c1cc([N+](=O)[O-])ccc1O. The molecule has 21 aliphatic rings. The molecule has 21 fully saturated rings. The van der Waals surface area contributed by atoms with Crippen molar-refractivity contribution in [2.75, 3.05) is 46.2 Å². The van der Waals surface area contributed by atoms with Crippen LogP contribution in [0.4, 0.5) is 5.69 Å². The molecule has 1 aromatic carbocycles. The number of hydrogen-bond acceptors (Lipinski definition) is 38. The Morgan fingerprint density at radius 2 is 0.573 bits per heavy atom. The van der Waals surface area contributed by atoms with Gasteiger partial charge in [-0.2, -0.15) is 0 Å². The first-order valence-corrected chi connectivity index (χ1v) is 27.9. The molecule has 22 rings (SSSR count). The van der Waals surface area contributed by atoms with E-state index >= 15 is 0 Å². The predicted octanol–water partition coefficient (Wildman–Crippen LogP) is -14.2. The maximum absolute atomic E-state index is 13.5. The molecule has 35 atom stereocenters. The summed E-state index contributed by atoms with van der Waals surface area (Å²) in [5.41, 5.74) is -1.33. The topological polar surface area (TPSA) is 626 Å². The Morgan fingerprint density at radius 3 is 0.787 bits per heavy atom. The predicted molar refractivity (Wildman–Crippen MR) is 268 cm³/mol. The molecule has 21 aliphatic heterocycles. The van der Waals surface area contributed by atoms with Crippen molar-refractivity contribution in [1.82, 2.24) is 5.32 Å². The number of benzene rings is 1. The second kappa shape index (κ2) is 29.4. The lowest BCUT2D eigenvalue weighted by Gasteiger charge is -2.50. The summed E-state index contributed by atoms with van der Waals surface area (Å²) in [6.07, 6.45) is -73.5. The van der Waals surface area contributed by atoms with Gasteiger partial charge in [0.2, 0.25) is 0 Å². The third-order valence-electron chi connectivity index (χ3n) is 16.5. The molecule has 14 bridgehead atoms. The maximum atomic E-state index is 13.5. The van der Waals surface area contributed by atoms with Crippen molar-refractivity contribution in [3.8, 4) is 5.75 Å². The number of aliphatic hydroxyl groups is 20. The summed E-state index contributed by atoms with van der Waals surface area (Å²) in [4.78, 5) is 24.2. The van der Waals surface area contributed by atoms with Gasteiger partial charge in [0, 0.05) is 18.7 Å². The van der Waals surface area contributed by atoms with Crippen LogP contribution < -0.4 is 5.32 Å². The number of aromatic hydroxyl groups is 1. The monoisotopic (exact) mass is 1300 g/mol. The minimum atomic E-state index is -2.37. The quantitative estimate of drug-likeness (QED) is 0.0764. The normalized spacial score (nSPS) is 49.3. The molecule has 1 aromatic rings. The van der Waals surface area contributed by atoms with Crippen LogP contribution in [0.3, 0.4) is 0 Å². The number of phenols is 1. The van der Waals surface area contributed by atoms with E-state index in [9.17, 15) is 122 Å². The van der Waals surface area contributed by atoms with Crippen molar-refractivity contribution in [2.45, 2.75) is 215 Å². The zero-order valence-electron chi connectivity index (χ0n) is 46.2. The van der Waals surface area contributed by atoms with Gasteiger partial charge in [0.1, 0.15) is 177 Å². The second-order valence-corrected chi connectivity index (χ2v) is 22.1. The van der Waals surface area contributed by atoms with Gasteiger partial charge in [0.15, 0.2) is 44.0 Å². The average Bonchev–Trinajstić information content (AvgIpc) is 1.15. The molecule has 508 valence electrons. The van der Waals surface area contributed by atoms with E-state index in [1.165, 1.54) is 0 Å². The first-order valence-electron chi connectivity index (χ1n) is 27.9. The highest BCUT2D eigenvalue weighted by Gasteiger charge is 2.60. The van der Waals surface area contributed by atoms with Crippen molar-refractivity contribution in [2.24, 2.45) is 0 Å². The van der Waals surface area contributed by atoms with Crippen LogP contribution in [0, 0.1) is 10.1 Å². The fraction of sp³-hybridized carbons (Fsp3) is 0.857. The van der Waals surface area contributed by atoms with E-state index in [2.05, 4.69) is 5.32 Å². The Balaban J connectivity index is 1.03. The lowest BCUT2D eigenvalue weighted by atomic mass is 9.95. The first kappa shape index (κ1) is 69.9. The van der Waals surface area contributed by atoms with Gasteiger partial charge in [-0.05, 0) is 6.07 Å². The molecule has 0 unspecified atom stereocenters. The number of hydrogen-bond donors (Lipinski definition) is 22. The Labute approximate surface area is 500 Å². The number of nitro benzene ring substituents is 1. The van der Waals surface area contributed by atoms with Gasteiger partial charge in [0.25, 0.3) is 11.6 Å². The molecular formula is C49H74N2O38. The molecule has 21 saturated heterocycles. The number of rotatable bonds is 10. The van der Waals surface area contributed by atoms with Crippen molar-refractivity contribution in [3.05, 3.63) is 33.9 Å². The Hall–Kier alpha value is -3.47. The first-order chi connectivity index (χ1) is 42.3. The van der Waals surface area contributed by atoms with E-state index in [0.29, 0.717) is 6.07 Å². The fourth-order valence-corrected chi connectivity index (χ4v) is 11.5. The molecule has 0 spiro atoms. The molecule has 21 heterocycles. The maximum Gasteiger partial charge on any atom is 0.270 e. The van der Waals surface area contributed by atoms with Crippen LogP contribution in [-0.4, -0.2) is 379 Å². The van der Waals surface area contributed by atoms with Gasteiger partial charge >= 0.3 is 0 Å². The number of nitrogens with one attached hydrogen (secondary N) is 1. The zero-order chi connectivity index (χ0) is 64.8. The molecule has 1 amide bonds. The van der Waals surface area contributed by atoms with Crippen LogP contribution in [0.15, 0.2) is 18.2 Å². The van der Waals surface area contributed by atoms with E-state index in [4.69, 9.17) is 66.3 Å². The number of nitro groups is 1. The van der Waals surface area contributed by atoms with E-state index in [0.717, 1.165) is 12.1 Å². The number of aliphatic hydroxyl groups excluding tert-OH is 20. The Kier molecular flexibility index (Phi) is 23.1. The summed E-state index contributed by atoms with van der Waals surface area (Å²) < 4.78 is 80.5. The van der Waals surface area contributed by atoms with Crippen LogP contribution in [-0.2, 0) is 66.3 Å². The number of nitrogens with zero attached hydrogens (tertiary/aromatic N) is 1. The van der Waals surface area contributed by atoms with Crippen molar-refractivity contribution in [3.63, 3.8) is 0 Å². The lowest BCUT2D eigenvalue weighted by Crippen LogP contribution is -2.68. The zero-order valence-corrected chi connectivity index (χ0v) is 46.2. The molecule has 0 saturated carbocycles. The summed E-state index contributed by atoms with van der Waals surface area (Å²) in [7, 11) is 0. The third kappa shape index (κ3) is 14.0. The summed E-state index contributed by atoms with van der Waals surface area (Å²) in [5, 5.41) is 248. The van der Waals surface area contributed by atoms with Gasteiger partial charge in [0.05, 0.1) is 50.1 Å². The fourth-order valence-electron chi connectivity index (χ4n) is 11.5. The van der Waals surface area contributed by atoms with Crippen LogP contribution in [0.2, 0.25) is 0 Å². The minimum absolute atomic E-state index is 0.650. The highest BCUT2D eigenvalue weighted by atomic mass is 16.8. The standard InChI is InChI=1S/C49H74N2O38/c52-5-15-36-23(61)30(68)45(78-15)86-38-17(7-54)80-47(32(70)25(38)63)88-40-19(9-56)82-49(34(72)27(40)65)89-41-20(10-57)81-48(33(71)26(41)64)87-39-18(8-55)79-46(31(69)24(39)62)85-37-16(6-53)77-44(29(67)22(37)60)83-35-14(76-43(84-36)28(66)21(35)59)4-50-42(73)12-3-11(51(74)75)1-2-13(12)58/h1-3,14-41,43-49,52-72H,4-10H2,(H,50,73)/t14-,15-,16-,17-,18-,19-,20-,21-,22-,23-,24-,25-,26-,27-,28-,29-,30-,31-,32-,33-,34-,35-,36-,37-,38-,39-,40-,41-,43-,44-,45-,46-,47-,48-,49-/m1/s1. The summed E-state index contributed by atoms with van der Waals surface area (Å²) in [5.74, 6) is -2.00. The number of non-ortho nitro benzene ring substituents is 1. The van der Waals surface area contributed by atoms with E-state index in [1.54, 1.807) is 0 Å². The molecular weight excluding hydrogens is 1220 g/mol. The number of carbonyl (C=O) groups is 1. The minimum Gasteiger partial charge on any atom is -0.507 e. The van der Waals surface area contributed by atoms with Gasteiger partial charge in [-0.15, -0.1) is 0 Å². The van der Waals surface area contributed by atoms with Crippen molar-refractivity contribution >= 4 is 11.6 Å². The van der Waals surface area contributed by atoms with Crippen LogP contribution in [0.1, 0.15) is 10.4 Å². The van der Waals surface area contributed by atoms with Crippen molar-refractivity contribution in [1.29, 1.82) is 0 Å². The van der Waals surface area contributed by atoms with Crippen molar-refractivity contribution < 1.29 is 183 Å². The smallest absolute Gasteiger partial charge is 0.270 e. The summed E-state index contributed by atoms with van der Waals surface area (Å²) >= 11 is 0. The van der Waals surface area contributed by atoms with E-state index in [-0.39, 0.29) is 0 Å². The molecule has 22 N–H and O–H groups in total. The van der Waals surface area contributed by atoms with Gasteiger partial charge in [-0.25, -0.2) is 0 Å². The average molecular weight is 1300 g/mol. The number of carbonyl (C=O) groups excluding carboxylic acids is 1. The molecule has 0 aromatic heterocycles. The summed E-state index contributed by atoms with van der Waals surface area (Å²) in [6, 6.07) is 2.39. The second-order valence-electron chi connectivity index (χ2n) is 22.1. The molecule has 0 radical (unpaired) electrons. The Morgan fingerprint density at radius 1 is 0.360 bits per heavy atom. The summed E-state index contributed by atoms with van der Waals surface area (Å²) in [6.45, 7) is -7.55. The number of phenolic OH excluding ortho intramolecular Hbond substituents is 1.